The summed E-state index contributed by atoms with van der Waals surface area (Å²) in [6.07, 6.45) is 0. The first-order valence-electron chi connectivity index (χ1n) is 6.45. The number of benzene rings is 1. The molecule has 0 saturated carbocycles. The van der Waals surface area contributed by atoms with Crippen LogP contribution >= 0.6 is 11.8 Å². The van der Waals surface area contributed by atoms with E-state index >= 15 is 0 Å². The number of non-ortho nitro benzene ring substituents is 1. The van der Waals surface area contributed by atoms with Gasteiger partial charge in [-0.25, -0.2) is 0 Å². The van der Waals surface area contributed by atoms with Crippen LogP contribution in [-0.2, 0) is 11.2 Å². The Morgan fingerprint density at radius 1 is 1.30 bits per heavy atom. The lowest BCUT2D eigenvalue weighted by Crippen LogP contribution is -2.13. The third-order valence-corrected chi connectivity index (χ3v) is 5.06. The molecule has 1 atom stereocenters. The summed E-state index contributed by atoms with van der Waals surface area (Å²) >= 11 is 0.347. The van der Waals surface area contributed by atoms with Crippen molar-refractivity contribution >= 4 is 28.6 Å². The molecule has 1 aromatic carbocycles. The van der Waals surface area contributed by atoms with Crippen LogP contribution in [0.25, 0.3) is 0 Å². The second-order valence-corrected chi connectivity index (χ2v) is 9.44. The zero-order valence-electron chi connectivity index (χ0n) is 12.5. The van der Waals surface area contributed by atoms with Gasteiger partial charge in [0.25, 0.3) is 5.69 Å². The number of hydrogen-bond donors (Lipinski definition) is 0. The lowest BCUT2D eigenvalue weighted by atomic mass is 10.3. The Hall–Kier alpha value is -0.720. The molecule has 0 fully saturated rings. The first-order valence-corrected chi connectivity index (χ1v) is 8.59. The van der Waals surface area contributed by atoms with Crippen LogP contribution in [0.2, 0.25) is 0 Å². The van der Waals surface area contributed by atoms with Gasteiger partial charge in [0.15, 0.2) is 4.90 Å². The van der Waals surface area contributed by atoms with Gasteiger partial charge in [0, 0.05) is 21.8 Å². The van der Waals surface area contributed by atoms with E-state index in [2.05, 4.69) is 0 Å². The first-order chi connectivity index (χ1) is 9.08. The molecule has 0 aliphatic heterocycles. The van der Waals surface area contributed by atoms with E-state index in [-0.39, 0.29) is 16.4 Å². The molecular weight excluding hydrogens is 294 g/mol. The van der Waals surface area contributed by atoms with Crippen molar-refractivity contribution in [3.05, 3.63) is 28.3 Å². The number of nitrogens with zero attached hydrogens (tertiary/aromatic N) is 1. The summed E-state index contributed by atoms with van der Waals surface area (Å²) in [4.78, 5) is 11.9. The van der Waals surface area contributed by atoms with E-state index in [1.54, 1.807) is 23.9 Å². The lowest BCUT2D eigenvalue weighted by molar-refractivity contribution is -0.385. The van der Waals surface area contributed by atoms with Crippen LogP contribution in [-0.4, -0.2) is 20.0 Å². The Kier molecular flexibility index (Phi) is 5.91. The Morgan fingerprint density at radius 3 is 2.35 bits per heavy atom. The minimum absolute atomic E-state index is 0.00589. The number of nitro groups is 1. The van der Waals surface area contributed by atoms with E-state index in [9.17, 15) is 14.7 Å². The minimum Gasteiger partial charge on any atom is -0.611 e. The van der Waals surface area contributed by atoms with Gasteiger partial charge in [-0.2, -0.15) is 0 Å². The van der Waals surface area contributed by atoms with E-state index in [0.29, 0.717) is 10.6 Å². The molecule has 0 saturated heterocycles. The molecule has 0 bridgehead atoms. The monoisotopic (exact) mass is 315 g/mol. The quantitative estimate of drug-likeness (QED) is 0.352. The molecule has 0 radical (unpaired) electrons. The molecule has 0 aliphatic carbocycles. The zero-order valence-corrected chi connectivity index (χ0v) is 14.1. The number of hydrogen-bond acceptors (Lipinski definition) is 4. The van der Waals surface area contributed by atoms with Gasteiger partial charge in [0.1, 0.15) is 5.75 Å². The van der Waals surface area contributed by atoms with Crippen molar-refractivity contribution in [3.63, 3.8) is 0 Å². The first kappa shape index (κ1) is 17.3. The van der Waals surface area contributed by atoms with Gasteiger partial charge in [0.05, 0.1) is 11.0 Å². The maximum Gasteiger partial charge on any atom is 0.275 e. The zero-order chi connectivity index (χ0) is 15.5. The summed E-state index contributed by atoms with van der Waals surface area (Å²) in [5.74, 6) is 0.801. The van der Waals surface area contributed by atoms with Gasteiger partial charge in [-0.15, -0.1) is 11.8 Å². The van der Waals surface area contributed by atoms with Gasteiger partial charge < -0.3 is 4.55 Å². The predicted molar refractivity (Wildman–Crippen MR) is 84.8 cm³/mol. The molecule has 20 heavy (non-hydrogen) atoms. The maximum atomic E-state index is 12.2. The SMILES string of the molecule is CC(C)C[S+]([O-])c1cc(SC(C)(C)C)cc([N+](=O)[O-])c1. The molecule has 0 N–H and O–H groups in total. The molecule has 6 heteroatoms. The van der Waals surface area contributed by atoms with Crippen molar-refractivity contribution in [2.24, 2.45) is 5.92 Å². The highest BCUT2D eigenvalue weighted by atomic mass is 32.2. The summed E-state index contributed by atoms with van der Waals surface area (Å²) < 4.78 is 12.2. The van der Waals surface area contributed by atoms with E-state index in [1.807, 2.05) is 34.6 Å². The van der Waals surface area contributed by atoms with Crippen molar-refractivity contribution in [1.29, 1.82) is 0 Å². The molecule has 4 nitrogen and oxygen atoms in total. The average Bonchev–Trinajstić information content (AvgIpc) is 2.25. The van der Waals surface area contributed by atoms with Crippen molar-refractivity contribution in [2.75, 3.05) is 5.75 Å². The van der Waals surface area contributed by atoms with Crippen molar-refractivity contribution in [3.8, 4) is 0 Å². The largest absolute Gasteiger partial charge is 0.611 e. The van der Waals surface area contributed by atoms with Gasteiger partial charge in [0.2, 0.25) is 0 Å². The Morgan fingerprint density at radius 2 is 1.90 bits per heavy atom. The summed E-state index contributed by atoms with van der Waals surface area (Å²) in [7, 11) is 0. The Balaban J connectivity index is 3.14. The highest BCUT2D eigenvalue weighted by molar-refractivity contribution is 8.00. The van der Waals surface area contributed by atoms with Crippen molar-refractivity contribution < 1.29 is 9.48 Å². The normalized spacial score (nSPS) is 13.6. The highest BCUT2D eigenvalue weighted by Gasteiger charge is 2.21. The summed E-state index contributed by atoms with van der Waals surface area (Å²) in [6.45, 7) is 10.1. The average molecular weight is 315 g/mol. The fourth-order valence-corrected chi connectivity index (χ4v) is 4.06. The smallest absolute Gasteiger partial charge is 0.275 e. The molecule has 1 unspecified atom stereocenters. The lowest BCUT2D eigenvalue weighted by Gasteiger charge is -2.18. The predicted octanol–water partition coefficient (Wildman–Crippen LogP) is 4.25. The van der Waals surface area contributed by atoms with E-state index in [0.717, 1.165) is 4.90 Å². The fraction of sp³-hybridized carbons (Fsp3) is 0.571. The minimum atomic E-state index is -1.20. The number of rotatable bonds is 5. The molecule has 0 amide bonds. The van der Waals surface area contributed by atoms with Gasteiger partial charge in [-0.3, -0.25) is 10.1 Å². The molecular formula is C14H21NO3S2. The summed E-state index contributed by atoms with van der Waals surface area (Å²) in [5.41, 5.74) is 0.00589. The van der Waals surface area contributed by atoms with Gasteiger partial charge in [-0.1, -0.05) is 34.6 Å². The van der Waals surface area contributed by atoms with Crippen LogP contribution in [0, 0.1) is 16.0 Å². The Bertz CT molecular complexity index is 484. The molecule has 0 aromatic heterocycles. The number of thioether (sulfide) groups is 1. The third kappa shape index (κ3) is 5.73. The van der Waals surface area contributed by atoms with E-state index in [4.69, 9.17) is 0 Å². The second kappa shape index (κ2) is 6.83. The van der Waals surface area contributed by atoms with Crippen LogP contribution in [0.3, 0.4) is 0 Å². The van der Waals surface area contributed by atoms with Crippen LogP contribution in [0.5, 0.6) is 0 Å². The third-order valence-electron chi connectivity index (χ3n) is 2.25. The molecule has 1 aromatic rings. The standard InChI is InChI=1S/C14H21NO3S2/c1-10(2)9-20(18)13-7-11(15(16)17)6-12(8-13)19-14(3,4)5/h6-8,10H,9H2,1-5H3. The van der Waals surface area contributed by atoms with Crippen molar-refractivity contribution in [2.45, 2.75) is 49.2 Å². The molecule has 0 aliphatic rings. The maximum absolute atomic E-state index is 12.2. The Labute approximate surface area is 127 Å². The van der Waals surface area contributed by atoms with E-state index < -0.39 is 16.1 Å². The van der Waals surface area contributed by atoms with Gasteiger partial charge >= 0.3 is 0 Å². The topological polar surface area (TPSA) is 66.2 Å². The van der Waals surface area contributed by atoms with Crippen LogP contribution in [0.1, 0.15) is 34.6 Å². The molecule has 112 valence electrons. The summed E-state index contributed by atoms with van der Waals surface area (Å²) in [6, 6.07) is 4.78. The van der Waals surface area contributed by atoms with Crippen molar-refractivity contribution in [1.82, 2.24) is 0 Å². The summed E-state index contributed by atoms with van der Waals surface area (Å²) in [5, 5.41) is 11.0. The van der Waals surface area contributed by atoms with Gasteiger partial charge in [-0.05, 0) is 17.1 Å². The van der Waals surface area contributed by atoms with E-state index in [1.165, 1.54) is 6.07 Å². The highest BCUT2D eigenvalue weighted by Crippen LogP contribution is 2.35. The number of nitro benzene ring substituents is 1. The molecule has 1 rings (SSSR count). The molecule has 0 spiro atoms. The fourth-order valence-electron chi connectivity index (χ4n) is 1.61. The van der Waals surface area contributed by atoms with Crippen LogP contribution in [0.15, 0.2) is 28.0 Å². The molecule has 0 heterocycles. The van der Waals surface area contributed by atoms with Crippen LogP contribution < -0.4 is 0 Å². The second-order valence-electron chi connectivity index (χ2n) is 6.04. The van der Waals surface area contributed by atoms with Crippen LogP contribution in [0.4, 0.5) is 5.69 Å².